The fraction of sp³-hybridized carbons (Fsp3) is 0.579. The number of morpholine rings is 1. The zero-order valence-electron chi connectivity index (χ0n) is 15.0. The van der Waals surface area contributed by atoms with E-state index in [4.69, 9.17) is 4.74 Å². The summed E-state index contributed by atoms with van der Waals surface area (Å²) in [5.74, 6) is -0.150. The normalized spacial score (nSPS) is 27.1. The quantitative estimate of drug-likeness (QED) is 0.841. The van der Waals surface area contributed by atoms with Gasteiger partial charge in [-0.05, 0) is 31.4 Å². The van der Waals surface area contributed by atoms with E-state index in [1.165, 1.54) is 5.56 Å². The number of amides is 2. The van der Waals surface area contributed by atoms with Crippen LogP contribution < -0.4 is 10.6 Å². The first-order chi connectivity index (χ1) is 12.0. The van der Waals surface area contributed by atoms with Crippen LogP contribution >= 0.6 is 0 Å². The van der Waals surface area contributed by atoms with Crippen LogP contribution in [0.4, 0.5) is 0 Å². The summed E-state index contributed by atoms with van der Waals surface area (Å²) in [5.41, 5.74) is 2.32. The Bertz CT molecular complexity index is 607. The first kappa shape index (κ1) is 17.9. The molecule has 2 aliphatic rings. The minimum Gasteiger partial charge on any atom is -0.373 e. The van der Waals surface area contributed by atoms with E-state index in [1.807, 2.05) is 0 Å². The highest BCUT2D eigenvalue weighted by Crippen LogP contribution is 2.15. The van der Waals surface area contributed by atoms with Crippen molar-refractivity contribution in [2.75, 3.05) is 13.1 Å². The Balaban J connectivity index is 1.47. The van der Waals surface area contributed by atoms with Crippen LogP contribution in [0.5, 0.6) is 0 Å². The maximum atomic E-state index is 12.0. The van der Waals surface area contributed by atoms with Gasteiger partial charge in [0, 0.05) is 32.6 Å². The van der Waals surface area contributed by atoms with Gasteiger partial charge in [0.25, 0.3) is 0 Å². The molecule has 136 valence electrons. The number of nitrogens with zero attached hydrogens (tertiary/aromatic N) is 1. The minimum atomic E-state index is -0.378. The minimum absolute atomic E-state index is 0.0451. The van der Waals surface area contributed by atoms with Crippen molar-refractivity contribution in [1.82, 2.24) is 15.5 Å². The number of benzene rings is 1. The van der Waals surface area contributed by atoms with Gasteiger partial charge in [0.15, 0.2) is 0 Å². The van der Waals surface area contributed by atoms with E-state index in [0.29, 0.717) is 19.4 Å². The molecule has 0 radical (unpaired) electrons. The number of carbonyl (C=O) groups is 2. The summed E-state index contributed by atoms with van der Waals surface area (Å²) in [6.45, 7) is 7.53. The van der Waals surface area contributed by atoms with Gasteiger partial charge in [0.2, 0.25) is 11.8 Å². The molecule has 2 aliphatic heterocycles. The fourth-order valence-corrected chi connectivity index (χ4v) is 3.56. The van der Waals surface area contributed by atoms with E-state index in [-0.39, 0.29) is 30.1 Å². The molecule has 2 N–H and O–H groups in total. The molecule has 2 saturated heterocycles. The zero-order valence-corrected chi connectivity index (χ0v) is 15.0. The molecular weight excluding hydrogens is 318 g/mol. The molecule has 1 aromatic rings. The van der Waals surface area contributed by atoms with Gasteiger partial charge in [-0.2, -0.15) is 0 Å². The van der Waals surface area contributed by atoms with Crippen molar-refractivity contribution in [3.63, 3.8) is 0 Å². The zero-order chi connectivity index (χ0) is 17.8. The van der Waals surface area contributed by atoms with E-state index in [1.54, 1.807) is 0 Å². The van der Waals surface area contributed by atoms with Crippen LogP contribution in [0.15, 0.2) is 24.3 Å². The molecule has 0 unspecified atom stereocenters. The van der Waals surface area contributed by atoms with Gasteiger partial charge in [-0.3, -0.25) is 14.5 Å². The Hall–Kier alpha value is -1.92. The van der Waals surface area contributed by atoms with E-state index < -0.39 is 0 Å². The van der Waals surface area contributed by atoms with Crippen molar-refractivity contribution in [2.24, 2.45) is 0 Å². The summed E-state index contributed by atoms with van der Waals surface area (Å²) in [7, 11) is 0. The third-order valence-electron chi connectivity index (χ3n) is 4.70. The average Bonchev–Trinajstić information content (AvgIpc) is 2.99. The molecule has 2 heterocycles. The Kier molecular flexibility index (Phi) is 5.71. The molecular formula is C19H27N3O3. The number of rotatable bonds is 5. The van der Waals surface area contributed by atoms with Crippen LogP contribution in [-0.2, 0) is 27.4 Å². The maximum Gasteiger partial charge on any atom is 0.242 e. The number of nitrogens with one attached hydrogen (secondary N) is 2. The standard InChI is InChI=1S/C19H27N3O3/c1-13-10-22(11-14(2)25-13)12-16-5-3-15(4-6-16)9-20-19(24)17-7-8-18(23)21-17/h3-6,13-14,17H,7-12H2,1-2H3,(H,20,24)(H,21,23)/t13-,14-,17-/m1/s1. The molecule has 0 bridgehead atoms. The van der Waals surface area contributed by atoms with Crippen molar-refractivity contribution in [3.05, 3.63) is 35.4 Å². The summed E-state index contributed by atoms with van der Waals surface area (Å²) >= 11 is 0. The lowest BCUT2D eigenvalue weighted by molar-refractivity contribution is -0.125. The second kappa shape index (κ2) is 7.97. The van der Waals surface area contributed by atoms with Crippen molar-refractivity contribution < 1.29 is 14.3 Å². The summed E-state index contributed by atoms with van der Waals surface area (Å²) in [6.07, 6.45) is 1.56. The number of carbonyl (C=O) groups excluding carboxylic acids is 2. The highest BCUT2D eigenvalue weighted by atomic mass is 16.5. The second-order valence-corrected chi connectivity index (χ2v) is 7.14. The van der Waals surface area contributed by atoms with Gasteiger partial charge < -0.3 is 15.4 Å². The number of ether oxygens (including phenoxy) is 1. The highest BCUT2D eigenvalue weighted by Gasteiger charge is 2.26. The molecule has 3 atom stereocenters. The third-order valence-corrected chi connectivity index (χ3v) is 4.70. The van der Waals surface area contributed by atoms with Crippen LogP contribution in [0.3, 0.4) is 0 Å². The van der Waals surface area contributed by atoms with Gasteiger partial charge in [-0.15, -0.1) is 0 Å². The van der Waals surface area contributed by atoms with Gasteiger partial charge in [0.1, 0.15) is 6.04 Å². The molecule has 3 rings (SSSR count). The molecule has 2 amide bonds. The molecule has 25 heavy (non-hydrogen) atoms. The first-order valence-electron chi connectivity index (χ1n) is 9.02. The lowest BCUT2D eigenvalue weighted by Crippen LogP contribution is -2.44. The van der Waals surface area contributed by atoms with E-state index in [2.05, 4.69) is 53.6 Å². The number of hydrogen-bond acceptors (Lipinski definition) is 4. The van der Waals surface area contributed by atoms with Crippen LogP contribution in [0.25, 0.3) is 0 Å². The largest absolute Gasteiger partial charge is 0.373 e. The van der Waals surface area contributed by atoms with Gasteiger partial charge in [0.05, 0.1) is 12.2 Å². The van der Waals surface area contributed by atoms with Gasteiger partial charge >= 0.3 is 0 Å². The van der Waals surface area contributed by atoms with Gasteiger partial charge in [-0.1, -0.05) is 24.3 Å². The molecule has 1 aromatic carbocycles. The Morgan fingerprint density at radius 2 is 1.84 bits per heavy atom. The van der Waals surface area contributed by atoms with E-state index >= 15 is 0 Å². The molecule has 6 nitrogen and oxygen atoms in total. The SMILES string of the molecule is C[C@@H]1CN(Cc2ccc(CNC(=O)[C@H]3CCC(=O)N3)cc2)C[C@@H](C)O1. The lowest BCUT2D eigenvalue weighted by Gasteiger charge is -2.35. The van der Waals surface area contributed by atoms with Crippen molar-refractivity contribution >= 4 is 11.8 Å². The first-order valence-corrected chi connectivity index (χ1v) is 9.02. The fourth-order valence-electron chi connectivity index (χ4n) is 3.56. The number of hydrogen-bond donors (Lipinski definition) is 2. The van der Waals surface area contributed by atoms with Gasteiger partial charge in [-0.25, -0.2) is 0 Å². The summed E-state index contributed by atoms with van der Waals surface area (Å²) in [5, 5.41) is 5.58. The van der Waals surface area contributed by atoms with Crippen LogP contribution in [0, 0.1) is 0 Å². The highest BCUT2D eigenvalue weighted by molar-refractivity contribution is 5.90. The molecule has 0 aliphatic carbocycles. The molecule has 0 spiro atoms. The Morgan fingerprint density at radius 3 is 2.44 bits per heavy atom. The third kappa shape index (κ3) is 5.03. The maximum absolute atomic E-state index is 12.0. The molecule has 0 saturated carbocycles. The van der Waals surface area contributed by atoms with E-state index in [9.17, 15) is 9.59 Å². The molecule has 0 aromatic heterocycles. The van der Waals surface area contributed by atoms with E-state index in [0.717, 1.165) is 25.2 Å². The smallest absolute Gasteiger partial charge is 0.242 e. The van der Waals surface area contributed by atoms with Crippen molar-refractivity contribution in [3.8, 4) is 0 Å². The molecule has 2 fully saturated rings. The predicted octanol–water partition coefficient (Wildman–Crippen LogP) is 1.19. The van der Waals surface area contributed by atoms with Crippen LogP contribution in [0.1, 0.15) is 37.8 Å². The summed E-state index contributed by atoms with van der Waals surface area (Å²) < 4.78 is 5.77. The monoisotopic (exact) mass is 345 g/mol. The van der Waals surface area contributed by atoms with Crippen LogP contribution in [-0.4, -0.2) is 48.1 Å². The predicted molar refractivity (Wildman–Crippen MR) is 94.7 cm³/mol. The Labute approximate surface area is 148 Å². The van der Waals surface area contributed by atoms with Crippen molar-refractivity contribution in [2.45, 2.75) is 58.0 Å². The Morgan fingerprint density at radius 1 is 1.20 bits per heavy atom. The summed E-state index contributed by atoms with van der Waals surface area (Å²) in [4.78, 5) is 25.6. The molecule has 6 heteroatoms. The van der Waals surface area contributed by atoms with Crippen LogP contribution in [0.2, 0.25) is 0 Å². The average molecular weight is 345 g/mol. The topological polar surface area (TPSA) is 70.7 Å². The second-order valence-electron chi connectivity index (χ2n) is 7.14. The van der Waals surface area contributed by atoms with Crippen molar-refractivity contribution in [1.29, 1.82) is 0 Å². The summed E-state index contributed by atoms with van der Waals surface area (Å²) in [6, 6.07) is 7.96. The lowest BCUT2D eigenvalue weighted by atomic mass is 10.1.